The molecule has 0 radical (unpaired) electrons. The molecule has 0 aromatic rings. The predicted octanol–water partition coefficient (Wildman–Crippen LogP) is 1.13. The van der Waals surface area contributed by atoms with Crippen LogP contribution in [0.2, 0.25) is 0 Å². The van der Waals surface area contributed by atoms with Crippen molar-refractivity contribution < 1.29 is 0 Å². The van der Waals surface area contributed by atoms with E-state index in [0.717, 1.165) is 18.7 Å². The van der Waals surface area contributed by atoms with Crippen LogP contribution in [-0.4, -0.2) is 23.6 Å². The predicted molar refractivity (Wildman–Crippen MR) is 33.5 cm³/mol. The van der Waals surface area contributed by atoms with Gasteiger partial charge < -0.3 is 0 Å². The quantitative estimate of drug-likeness (QED) is 0.215. The summed E-state index contributed by atoms with van der Waals surface area (Å²) in [6, 6.07) is 0. The molecule has 0 bridgehead atoms. The second kappa shape index (κ2) is 6.45. The molecule has 0 aromatic carbocycles. The molecule has 0 aromatic heterocycles. The van der Waals surface area contributed by atoms with Gasteiger partial charge in [0, 0.05) is 0 Å². The third-order valence-electron chi connectivity index (χ3n) is 0.612. The monoisotopic (exact) mass is 108 g/mol. The third-order valence-corrected chi connectivity index (χ3v) is 0.879. The number of unbranched alkanes of at least 4 members (excludes halogenated alkanes) is 1. The molecular formula is C5H6ClLi. The normalized spacial score (nSPS) is 7.29. The van der Waals surface area contributed by atoms with Gasteiger partial charge in [0.05, 0.1) is 0 Å². The summed E-state index contributed by atoms with van der Waals surface area (Å²) in [7, 11) is 0. The Balaban J connectivity index is 2.78. The van der Waals surface area contributed by atoms with Crippen LogP contribution in [0, 0.1) is 10.5 Å². The molecule has 0 fully saturated rings. The van der Waals surface area contributed by atoms with Crippen LogP contribution in [0.4, 0.5) is 0 Å². The summed E-state index contributed by atoms with van der Waals surface area (Å²) >= 11 is 7.21. The zero-order valence-electron chi connectivity index (χ0n) is 4.50. The van der Waals surface area contributed by atoms with Crippen LogP contribution < -0.4 is 0 Å². The van der Waals surface area contributed by atoms with Gasteiger partial charge in [-0.2, -0.15) is 0 Å². The van der Waals surface area contributed by atoms with Gasteiger partial charge in [-0.3, -0.25) is 0 Å². The van der Waals surface area contributed by atoms with Gasteiger partial charge in [0.1, 0.15) is 0 Å². The Labute approximate surface area is 58.8 Å². The Morgan fingerprint density at radius 1 is 1.57 bits per heavy atom. The van der Waals surface area contributed by atoms with E-state index in [1.54, 1.807) is 0 Å². The molecule has 0 saturated carbocycles. The van der Waals surface area contributed by atoms with E-state index in [-0.39, 0.29) is 0 Å². The molecule has 7 heavy (non-hydrogen) atoms. The van der Waals surface area contributed by atoms with E-state index in [1.165, 1.54) is 0 Å². The molecule has 0 heterocycles. The van der Waals surface area contributed by atoms with E-state index in [1.807, 2.05) is 17.7 Å². The van der Waals surface area contributed by atoms with E-state index < -0.39 is 0 Å². The minimum absolute atomic E-state index is 0.731. The SMILES string of the molecule is [Li][C]#CCCCCl. The second-order valence-electron chi connectivity index (χ2n) is 1.22. The van der Waals surface area contributed by atoms with Crippen molar-refractivity contribution in [3.63, 3.8) is 0 Å². The number of alkyl halides is 1. The average Bonchev–Trinajstić information content (AvgIpc) is 1.69. The van der Waals surface area contributed by atoms with Crippen LogP contribution >= 0.6 is 11.6 Å². The summed E-state index contributed by atoms with van der Waals surface area (Å²) < 4.78 is 2.79. The Kier molecular flexibility index (Phi) is 6.86. The van der Waals surface area contributed by atoms with E-state index >= 15 is 0 Å². The minimum atomic E-state index is 0.731. The summed E-state index contributed by atoms with van der Waals surface area (Å²) in [5.74, 6) is 3.65. The molecule has 0 unspecified atom stereocenters. The van der Waals surface area contributed by atoms with Gasteiger partial charge in [-0.05, 0) is 0 Å². The molecule has 0 N–H and O–H groups in total. The zero-order valence-corrected chi connectivity index (χ0v) is 5.26. The van der Waals surface area contributed by atoms with Crippen LogP contribution in [0.15, 0.2) is 0 Å². The van der Waals surface area contributed by atoms with Crippen LogP contribution in [0.5, 0.6) is 0 Å². The first-order valence-corrected chi connectivity index (χ1v) is 2.91. The van der Waals surface area contributed by atoms with Crippen molar-refractivity contribution in [2.24, 2.45) is 0 Å². The molecule has 2 heteroatoms. The molecule has 0 rings (SSSR count). The Morgan fingerprint density at radius 3 is 2.71 bits per heavy atom. The zero-order chi connectivity index (χ0) is 5.54. The van der Waals surface area contributed by atoms with Crippen LogP contribution in [-0.2, 0) is 0 Å². The summed E-state index contributed by atoms with van der Waals surface area (Å²) in [6.07, 6.45) is 1.96. The molecule has 0 saturated heterocycles. The first-order chi connectivity index (χ1) is 3.41. The van der Waals surface area contributed by atoms with Crippen LogP contribution in [0.3, 0.4) is 0 Å². The Morgan fingerprint density at radius 2 is 2.29 bits per heavy atom. The molecule has 0 aliphatic heterocycles. The Hall–Kier alpha value is 0.447. The molecule has 0 spiro atoms. The number of halogens is 1. The summed E-state index contributed by atoms with van der Waals surface area (Å²) in [4.78, 5) is 0. The number of rotatable bonds is 2. The van der Waals surface area contributed by atoms with E-state index in [2.05, 4.69) is 10.5 Å². The average molecular weight is 108 g/mol. The first-order valence-electron chi connectivity index (χ1n) is 2.37. The van der Waals surface area contributed by atoms with Crippen molar-refractivity contribution in [2.45, 2.75) is 12.8 Å². The molecule has 0 nitrogen and oxygen atoms in total. The summed E-state index contributed by atoms with van der Waals surface area (Å²) in [5.41, 5.74) is 0. The Bertz CT molecular complexity index is 79.8. The second-order valence-corrected chi connectivity index (χ2v) is 1.60. The third kappa shape index (κ3) is 6.45. The van der Waals surface area contributed by atoms with Crippen molar-refractivity contribution in [2.75, 3.05) is 5.88 Å². The molecule has 0 atom stereocenters. The summed E-state index contributed by atoms with van der Waals surface area (Å²) in [5, 5.41) is 0. The molecule has 0 aliphatic carbocycles. The van der Waals surface area contributed by atoms with Crippen molar-refractivity contribution >= 4 is 29.3 Å². The van der Waals surface area contributed by atoms with Gasteiger partial charge in [-0.15, -0.1) is 0 Å². The van der Waals surface area contributed by atoms with Crippen LogP contribution in [0.25, 0.3) is 0 Å². The van der Waals surface area contributed by atoms with Crippen molar-refractivity contribution in [1.29, 1.82) is 0 Å². The topological polar surface area (TPSA) is 0 Å². The fourth-order valence-electron chi connectivity index (χ4n) is 0.280. The van der Waals surface area contributed by atoms with Crippen molar-refractivity contribution in [1.82, 2.24) is 0 Å². The number of hydrogen-bond donors (Lipinski definition) is 0. The maximum atomic E-state index is 5.37. The van der Waals surface area contributed by atoms with Gasteiger partial charge in [0.25, 0.3) is 0 Å². The van der Waals surface area contributed by atoms with Crippen LogP contribution in [0.1, 0.15) is 12.8 Å². The molecular weight excluding hydrogens is 102 g/mol. The van der Waals surface area contributed by atoms with Crippen molar-refractivity contribution in [3.8, 4) is 10.5 Å². The molecule has 0 aliphatic rings. The van der Waals surface area contributed by atoms with E-state index in [0.29, 0.717) is 0 Å². The van der Waals surface area contributed by atoms with Crippen molar-refractivity contribution in [3.05, 3.63) is 0 Å². The van der Waals surface area contributed by atoms with Gasteiger partial charge in [0.2, 0.25) is 0 Å². The first kappa shape index (κ1) is 7.45. The standard InChI is InChI=1S/C5H6Cl.Li/c1-2-3-4-5-6;/h3-5H2;. The van der Waals surface area contributed by atoms with Gasteiger partial charge in [-0.25, -0.2) is 0 Å². The van der Waals surface area contributed by atoms with Gasteiger partial charge in [-0.1, -0.05) is 0 Å². The van der Waals surface area contributed by atoms with Gasteiger partial charge in [0.15, 0.2) is 0 Å². The fraction of sp³-hybridized carbons (Fsp3) is 0.600. The van der Waals surface area contributed by atoms with E-state index in [4.69, 9.17) is 11.6 Å². The summed E-state index contributed by atoms with van der Waals surface area (Å²) in [6.45, 7) is 0. The maximum absolute atomic E-state index is 5.37. The molecule has 34 valence electrons. The number of hydrogen-bond acceptors (Lipinski definition) is 0. The van der Waals surface area contributed by atoms with E-state index in [9.17, 15) is 0 Å². The molecule has 0 amide bonds. The fourth-order valence-corrected chi connectivity index (χ4v) is 0.414. The van der Waals surface area contributed by atoms with Gasteiger partial charge >= 0.3 is 58.6 Å².